The molecule has 0 saturated carbocycles. The molecule has 0 radical (unpaired) electrons. The average molecular weight is 359 g/mol. The average Bonchev–Trinajstić information content (AvgIpc) is 2.78. The molecule has 1 aromatic heterocycles. The van der Waals surface area contributed by atoms with Gasteiger partial charge in [-0.05, 0) is 46.7 Å². The molecule has 2 aliphatic rings. The highest BCUT2D eigenvalue weighted by atomic mass is 16.2. The van der Waals surface area contributed by atoms with E-state index in [4.69, 9.17) is 0 Å². The standard InChI is InChI=1S/C19H29N5O2/c1-15-13-21-16(14-20-15)18(26)23-9-4-6-19(8-10-23)7-5-17(25)24(19)12-11-22(2)3/h13-14H,4-12H2,1-3H3/t19-/m1/s1. The number of aryl methyl sites for hydroxylation is 1. The Labute approximate surface area is 155 Å². The molecule has 0 N–H and O–H groups in total. The van der Waals surface area contributed by atoms with Crippen molar-refractivity contribution in [1.29, 1.82) is 0 Å². The molecule has 0 bridgehead atoms. The lowest BCUT2D eigenvalue weighted by molar-refractivity contribution is -0.131. The van der Waals surface area contributed by atoms with E-state index < -0.39 is 0 Å². The van der Waals surface area contributed by atoms with Gasteiger partial charge in [-0.1, -0.05) is 0 Å². The molecule has 3 heterocycles. The number of likely N-dealkylation sites (N-methyl/N-ethyl adjacent to an activating group) is 1. The topological polar surface area (TPSA) is 69.6 Å². The number of nitrogens with zero attached hydrogens (tertiary/aromatic N) is 5. The normalized spacial score (nSPS) is 23.8. The van der Waals surface area contributed by atoms with Gasteiger partial charge in [0.15, 0.2) is 0 Å². The van der Waals surface area contributed by atoms with Crippen LogP contribution >= 0.6 is 0 Å². The van der Waals surface area contributed by atoms with Crippen molar-refractivity contribution in [3.05, 3.63) is 23.8 Å². The molecule has 2 fully saturated rings. The third-order valence-electron chi connectivity index (χ3n) is 5.65. The highest BCUT2D eigenvalue weighted by Gasteiger charge is 2.45. The van der Waals surface area contributed by atoms with Crippen molar-refractivity contribution in [2.75, 3.05) is 40.3 Å². The third-order valence-corrected chi connectivity index (χ3v) is 5.65. The van der Waals surface area contributed by atoms with Crippen molar-refractivity contribution in [3.63, 3.8) is 0 Å². The zero-order valence-electron chi connectivity index (χ0n) is 16.1. The van der Waals surface area contributed by atoms with E-state index in [0.717, 1.165) is 44.5 Å². The van der Waals surface area contributed by atoms with Crippen LogP contribution in [0.25, 0.3) is 0 Å². The van der Waals surface area contributed by atoms with Crippen molar-refractivity contribution < 1.29 is 9.59 Å². The minimum Gasteiger partial charge on any atom is -0.337 e. The van der Waals surface area contributed by atoms with E-state index in [1.165, 1.54) is 0 Å². The van der Waals surface area contributed by atoms with Gasteiger partial charge in [0, 0.05) is 44.3 Å². The summed E-state index contributed by atoms with van der Waals surface area (Å²) in [6.07, 6.45) is 7.45. The monoisotopic (exact) mass is 359 g/mol. The highest BCUT2D eigenvalue weighted by molar-refractivity contribution is 5.92. The van der Waals surface area contributed by atoms with Crippen LogP contribution in [0.5, 0.6) is 0 Å². The number of aromatic nitrogens is 2. The van der Waals surface area contributed by atoms with Gasteiger partial charge in [0.05, 0.1) is 11.9 Å². The van der Waals surface area contributed by atoms with Crippen molar-refractivity contribution in [1.82, 2.24) is 24.7 Å². The van der Waals surface area contributed by atoms with Crippen LogP contribution in [0.4, 0.5) is 0 Å². The smallest absolute Gasteiger partial charge is 0.274 e. The molecule has 2 aliphatic heterocycles. The SMILES string of the molecule is Cc1cnc(C(=O)N2CCC[C@@]3(CCC(=O)N3CCN(C)C)CC2)cn1. The molecule has 2 amide bonds. The first kappa shape index (κ1) is 18.8. The summed E-state index contributed by atoms with van der Waals surface area (Å²) >= 11 is 0. The molecule has 1 aromatic rings. The van der Waals surface area contributed by atoms with Gasteiger partial charge in [-0.2, -0.15) is 0 Å². The fraction of sp³-hybridized carbons (Fsp3) is 0.684. The van der Waals surface area contributed by atoms with Gasteiger partial charge in [0.1, 0.15) is 5.69 Å². The molecule has 0 aliphatic carbocycles. The first-order chi connectivity index (χ1) is 12.4. The van der Waals surface area contributed by atoms with Crippen LogP contribution in [0.1, 0.15) is 48.3 Å². The maximum absolute atomic E-state index is 12.8. The second kappa shape index (κ2) is 7.70. The number of carbonyl (C=O) groups is 2. The summed E-state index contributed by atoms with van der Waals surface area (Å²) in [5.41, 5.74) is 1.12. The third kappa shape index (κ3) is 3.87. The van der Waals surface area contributed by atoms with Crippen molar-refractivity contribution in [3.8, 4) is 0 Å². The summed E-state index contributed by atoms with van der Waals surface area (Å²) in [5, 5.41) is 0. The van der Waals surface area contributed by atoms with E-state index in [0.29, 0.717) is 25.2 Å². The second-order valence-corrected chi connectivity index (χ2v) is 7.76. The largest absolute Gasteiger partial charge is 0.337 e. The van der Waals surface area contributed by atoms with Crippen LogP contribution in [0.15, 0.2) is 12.4 Å². The van der Waals surface area contributed by atoms with Crippen LogP contribution < -0.4 is 0 Å². The quantitative estimate of drug-likeness (QED) is 0.811. The Morgan fingerprint density at radius 1 is 1.19 bits per heavy atom. The number of hydrogen-bond donors (Lipinski definition) is 0. The molecule has 2 saturated heterocycles. The zero-order valence-corrected chi connectivity index (χ0v) is 16.1. The summed E-state index contributed by atoms with van der Waals surface area (Å²) < 4.78 is 0. The summed E-state index contributed by atoms with van der Waals surface area (Å²) in [7, 11) is 4.06. The van der Waals surface area contributed by atoms with Crippen molar-refractivity contribution in [2.45, 2.75) is 44.6 Å². The van der Waals surface area contributed by atoms with Gasteiger partial charge in [0.2, 0.25) is 5.91 Å². The Bertz CT molecular complexity index is 660. The number of carbonyl (C=O) groups excluding carboxylic acids is 2. The van der Waals surface area contributed by atoms with Crippen LogP contribution in [-0.2, 0) is 4.79 Å². The van der Waals surface area contributed by atoms with E-state index in [-0.39, 0.29) is 17.4 Å². The second-order valence-electron chi connectivity index (χ2n) is 7.76. The molecule has 3 rings (SSSR count). The van der Waals surface area contributed by atoms with Crippen LogP contribution in [0.3, 0.4) is 0 Å². The molecular weight excluding hydrogens is 330 g/mol. The summed E-state index contributed by atoms with van der Waals surface area (Å²) in [6, 6.07) is 0. The van der Waals surface area contributed by atoms with Gasteiger partial charge in [0.25, 0.3) is 5.91 Å². The van der Waals surface area contributed by atoms with E-state index in [1.807, 2.05) is 25.9 Å². The Balaban J connectivity index is 1.69. The molecule has 142 valence electrons. The Morgan fingerprint density at radius 3 is 2.69 bits per heavy atom. The van der Waals surface area contributed by atoms with E-state index in [1.54, 1.807) is 12.4 Å². The lowest BCUT2D eigenvalue weighted by Gasteiger charge is -2.38. The Kier molecular flexibility index (Phi) is 5.55. The molecule has 1 spiro atoms. The number of hydrogen-bond acceptors (Lipinski definition) is 5. The predicted octanol–water partition coefficient (Wildman–Crippen LogP) is 1.33. The number of rotatable bonds is 4. The van der Waals surface area contributed by atoms with Gasteiger partial charge < -0.3 is 14.7 Å². The summed E-state index contributed by atoms with van der Waals surface area (Å²) in [4.78, 5) is 39.7. The van der Waals surface area contributed by atoms with Crippen LogP contribution in [0, 0.1) is 6.92 Å². The van der Waals surface area contributed by atoms with E-state index >= 15 is 0 Å². The highest BCUT2D eigenvalue weighted by Crippen LogP contribution is 2.39. The number of likely N-dealkylation sites (tertiary alicyclic amines) is 2. The molecule has 26 heavy (non-hydrogen) atoms. The molecular formula is C19H29N5O2. The van der Waals surface area contributed by atoms with Crippen molar-refractivity contribution in [2.24, 2.45) is 0 Å². The molecule has 0 aromatic carbocycles. The fourth-order valence-electron chi connectivity index (χ4n) is 4.10. The first-order valence-corrected chi connectivity index (χ1v) is 9.44. The van der Waals surface area contributed by atoms with Crippen molar-refractivity contribution >= 4 is 11.8 Å². The van der Waals surface area contributed by atoms with Crippen LogP contribution in [0.2, 0.25) is 0 Å². The van der Waals surface area contributed by atoms with Gasteiger partial charge in [-0.25, -0.2) is 4.98 Å². The number of amides is 2. The molecule has 0 unspecified atom stereocenters. The molecule has 1 atom stereocenters. The minimum atomic E-state index is -0.0823. The lowest BCUT2D eigenvalue weighted by Crippen LogP contribution is -2.49. The lowest BCUT2D eigenvalue weighted by atomic mass is 9.87. The first-order valence-electron chi connectivity index (χ1n) is 9.44. The summed E-state index contributed by atoms with van der Waals surface area (Å²) in [5.74, 6) is 0.203. The predicted molar refractivity (Wildman–Crippen MR) is 98.8 cm³/mol. The maximum Gasteiger partial charge on any atom is 0.274 e. The maximum atomic E-state index is 12.8. The Hall–Kier alpha value is -2.02. The Morgan fingerprint density at radius 2 is 2.00 bits per heavy atom. The van der Waals surface area contributed by atoms with Gasteiger partial charge >= 0.3 is 0 Å². The van der Waals surface area contributed by atoms with E-state index in [9.17, 15) is 9.59 Å². The molecule has 7 nitrogen and oxygen atoms in total. The van der Waals surface area contributed by atoms with Gasteiger partial charge in [-0.3, -0.25) is 14.6 Å². The van der Waals surface area contributed by atoms with Gasteiger partial charge in [-0.15, -0.1) is 0 Å². The van der Waals surface area contributed by atoms with Crippen LogP contribution in [-0.4, -0.2) is 82.3 Å². The fourth-order valence-corrected chi connectivity index (χ4v) is 4.10. The van der Waals surface area contributed by atoms with E-state index in [2.05, 4.69) is 19.8 Å². The minimum absolute atomic E-state index is 0.0567. The summed E-state index contributed by atoms with van der Waals surface area (Å²) in [6.45, 7) is 4.88. The molecule has 7 heteroatoms. The zero-order chi connectivity index (χ0) is 18.7.